The molecule has 1 atom stereocenters. The second kappa shape index (κ2) is 8.71. The van der Waals surface area contributed by atoms with Gasteiger partial charge in [-0.15, -0.1) is 0 Å². The van der Waals surface area contributed by atoms with Gasteiger partial charge in [-0.1, -0.05) is 23.2 Å². The van der Waals surface area contributed by atoms with E-state index in [2.05, 4.69) is 5.32 Å². The average molecular weight is 336 g/mol. The molecule has 1 aromatic rings. The Bertz CT molecular complexity index is 509. The third-order valence-corrected chi connectivity index (χ3v) is 3.25. The molecule has 21 heavy (non-hydrogen) atoms. The lowest BCUT2D eigenvalue weighted by Gasteiger charge is -2.09. The van der Waals surface area contributed by atoms with Gasteiger partial charge < -0.3 is 20.3 Å². The van der Waals surface area contributed by atoms with E-state index >= 15 is 0 Å². The third kappa shape index (κ3) is 6.66. The molecular weight excluding hydrogens is 321 g/mol. The lowest BCUT2D eigenvalue weighted by molar-refractivity contribution is -0.147. The first kappa shape index (κ1) is 17.6. The van der Waals surface area contributed by atoms with Gasteiger partial charge in [0.15, 0.2) is 6.10 Å². The Morgan fingerprint density at radius 1 is 1.29 bits per heavy atom. The summed E-state index contributed by atoms with van der Waals surface area (Å²) in [6, 6.07) is 4.77. The molecule has 0 saturated carbocycles. The van der Waals surface area contributed by atoms with Crippen molar-refractivity contribution in [1.82, 2.24) is 5.32 Å². The van der Waals surface area contributed by atoms with E-state index in [4.69, 9.17) is 38.2 Å². The molecule has 1 amide bonds. The lowest BCUT2D eigenvalue weighted by Crippen LogP contribution is -2.30. The smallest absolute Gasteiger partial charge is 0.332 e. The average Bonchev–Trinajstić information content (AvgIpc) is 2.42. The predicted octanol–water partition coefficient (Wildman–Crippen LogP) is 1.71. The zero-order chi connectivity index (χ0) is 15.8. The van der Waals surface area contributed by atoms with Gasteiger partial charge in [-0.2, -0.15) is 0 Å². The molecule has 116 valence electrons. The summed E-state index contributed by atoms with van der Waals surface area (Å²) >= 11 is 11.6. The van der Waals surface area contributed by atoms with Gasteiger partial charge in [0, 0.05) is 19.0 Å². The standard InChI is InChI=1S/C13H15Cl2NO5/c14-9-2-1-8(7-10(9)15)21-6-4-12(18)16-5-3-11(17)13(19)20/h1-2,7,11,17H,3-6H2,(H,16,18)(H,19,20)/t11-/m0/s1. The molecule has 0 aliphatic carbocycles. The van der Waals surface area contributed by atoms with Crippen LogP contribution in [0.4, 0.5) is 0 Å². The van der Waals surface area contributed by atoms with Crippen molar-refractivity contribution in [2.24, 2.45) is 0 Å². The van der Waals surface area contributed by atoms with Crippen molar-refractivity contribution in [3.63, 3.8) is 0 Å². The fourth-order valence-corrected chi connectivity index (χ4v) is 1.68. The number of carboxylic acids is 1. The first-order valence-electron chi connectivity index (χ1n) is 6.15. The van der Waals surface area contributed by atoms with E-state index in [9.17, 15) is 9.59 Å². The minimum Gasteiger partial charge on any atom is -0.493 e. The molecule has 0 heterocycles. The lowest BCUT2D eigenvalue weighted by atomic mass is 10.2. The largest absolute Gasteiger partial charge is 0.493 e. The van der Waals surface area contributed by atoms with Crippen LogP contribution >= 0.6 is 23.2 Å². The van der Waals surface area contributed by atoms with E-state index in [1.54, 1.807) is 18.2 Å². The molecule has 0 unspecified atom stereocenters. The first-order chi connectivity index (χ1) is 9.90. The maximum absolute atomic E-state index is 11.4. The first-order valence-corrected chi connectivity index (χ1v) is 6.91. The molecule has 0 bridgehead atoms. The monoisotopic (exact) mass is 335 g/mol. The van der Waals surface area contributed by atoms with Crippen molar-refractivity contribution in [3.8, 4) is 5.75 Å². The van der Waals surface area contributed by atoms with Crippen molar-refractivity contribution in [2.45, 2.75) is 18.9 Å². The van der Waals surface area contributed by atoms with Gasteiger partial charge >= 0.3 is 5.97 Å². The number of nitrogens with one attached hydrogen (secondary N) is 1. The number of aliphatic carboxylic acids is 1. The third-order valence-electron chi connectivity index (χ3n) is 2.51. The Morgan fingerprint density at radius 3 is 2.62 bits per heavy atom. The molecular formula is C13H15Cl2NO5. The number of amides is 1. The number of ether oxygens (including phenoxy) is 1. The van der Waals surface area contributed by atoms with E-state index < -0.39 is 12.1 Å². The molecule has 0 radical (unpaired) electrons. The van der Waals surface area contributed by atoms with Gasteiger partial charge in [0.25, 0.3) is 0 Å². The van der Waals surface area contributed by atoms with Crippen LogP contribution in [0.15, 0.2) is 18.2 Å². The Hall–Kier alpha value is -1.50. The van der Waals surface area contributed by atoms with Crippen LogP contribution in [0.3, 0.4) is 0 Å². The van der Waals surface area contributed by atoms with Gasteiger partial charge in [-0.25, -0.2) is 4.79 Å². The molecule has 0 fully saturated rings. The number of carbonyl (C=O) groups excluding carboxylic acids is 1. The van der Waals surface area contributed by atoms with Crippen LogP contribution in [0.2, 0.25) is 10.0 Å². The number of aliphatic hydroxyl groups excluding tert-OH is 1. The molecule has 3 N–H and O–H groups in total. The van der Waals surface area contributed by atoms with Crippen LogP contribution in [0.25, 0.3) is 0 Å². The molecule has 1 rings (SSSR count). The molecule has 0 aliphatic rings. The summed E-state index contributed by atoms with van der Waals surface area (Å²) in [4.78, 5) is 21.8. The minimum absolute atomic E-state index is 0.0469. The fourth-order valence-electron chi connectivity index (χ4n) is 1.39. The number of carbonyl (C=O) groups is 2. The normalized spacial score (nSPS) is 11.8. The van der Waals surface area contributed by atoms with E-state index in [-0.39, 0.29) is 31.9 Å². The van der Waals surface area contributed by atoms with Crippen LogP contribution < -0.4 is 10.1 Å². The highest BCUT2D eigenvalue weighted by Crippen LogP contribution is 2.26. The van der Waals surface area contributed by atoms with Gasteiger partial charge in [0.1, 0.15) is 5.75 Å². The Morgan fingerprint density at radius 2 is 2.00 bits per heavy atom. The number of carboxylic acid groups (broad SMARTS) is 1. The van der Waals surface area contributed by atoms with Gasteiger partial charge in [-0.05, 0) is 12.1 Å². The van der Waals surface area contributed by atoms with Crippen molar-refractivity contribution in [1.29, 1.82) is 0 Å². The fraction of sp³-hybridized carbons (Fsp3) is 0.385. The number of aliphatic hydroxyl groups is 1. The van der Waals surface area contributed by atoms with Crippen molar-refractivity contribution >= 4 is 35.1 Å². The second-order valence-corrected chi connectivity index (χ2v) is 4.98. The molecule has 0 saturated heterocycles. The van der Waals surface area contributed by atoms with E-state index in [0.29, 0.717) is 15.8 Å². The Kier molecular flexibility index (Phi) is 7.28. The molecule has 0 aliphatic heterocycles. The summed E-state index contributed by atoms with van der Waals surface area (Å²) in [6.45, 7) is 0.227. The summed E-state index contributed by atoms with van der Waals surface area (Å²) in [7, 11) is 0. The predicted molar refractivity (Wildman–Crippen MR) is 77.8 cm³/mol. The van der Waals surface area contributed by atoms with Crippen LogP contribution in [0.1, 0.15) is 12.8 Å². The quantitative estimate of drug-likeness (QED) is 0.672. The van der Waals surface area contributed by atoms with Gasteiger partial charge in [-0.3, -0.25) is 4.79 Å². The van der Waals surface area contributed by atoms with E-state index in [0.717, 1.165) is 0 Å². The summed E-state index contributed by atoms with van der Waals surface area (Å²) < 4.78 is 5.33. The number of halogens is 2. The van der Waals surface area contributed by atoms with Crippen molar-refractivity contribution in [3.05, 3.63) is 28.2 Å². The van der Waals surface area contributed by atoms with Crippen molar-refractivity contribution in [2.75, 3.05) is 13.2 Å². The van der Waals surface area contributed by atoms with Crippen LogP contribution in [0, 0.1) is 0 Å². The highest BCUT2D eigenvalue weighted by Gasteiger charge is 2.12. The summed E-state index contributed by atoms with van der Waals surface area (Å²) in [5.41, 5.74) is 0. The highest BCUT2D eigenvalue weighted by atomic mass is 35.5. The molecule has 8 heteroatoms. The molecule has 6 nitrogen and oxygen atoms in total. The molecule has 0 spiro atoms. The van der Waals surface area contributed by atoms with Crippen LogP contribution in [-0.4, -0.2) is 41.3 Å². The van der Waals surface area contributed by atoms with Gasteiger partial charge in [0.05, 0.1) is 23.1 Å². The SMILES string of the molecule is O=C(CCOc1ccc(Cl)c(Cl)c1)NCC[C@H](O)C(=O)O. The topological polar surface area (TPSA) is 95.9 Å². The summed E-state index contributed by atoms with van der Waals surface area (Å²) in [5.74, 6) is -1.11. The van der Waals surface area contributed by atoms with Crippen LogP contribution in [-0.2, 0) is 9.59 Å². The second-order valence-electron chi connectivity index (χ2n) is 4.17. The highest BCUT2D eigenvalue weighted by molar-refractivity contribution is 6.42. The van der Waals surface area contributed by atoms with Gasteiger partial charge in [0.2, 0.25) is 5.91 Å². The number of hydrogen-bond acceptors (Lipinski definition) is 4. The zero-order valence-electron chi connectivity index (χ0n) is 11.0. The molecule has 1 aromatic carbocycles. The minimum atomic E-state index is -1.47. The zero-order valence-corrected chi connectivity index (χ0v) is 12.5. The van der Waals surface area contributed by atoms with E-state index in [1.807, 2.05) is 0 Å². The number of hydrogen-bond donors (Lipinski definition) is 3. The van der Waals surface area contributed by atoms with E-state index in [1.165, 1.54) is 0 Å². The van der Waals surface area contributed by atoms with Crippen LogP contribution in [0.5, 0.6) is 5.75 Å². The summed E-state index contributed by atoms with van der Waals surface area (Å²) in [5, 5.41) is 20.7. The maximum Gasteiger partial charge on any atom is 0.332 e. The Labute approximate surface area is 131 Å². The Balaban J connectivity index is 2.21. The van der Waals surface area contributed by atoms with Crippen molar-refractivity contribution < 1.29 is 24.5 Å². The molecule has 0 aromatic heterocycles. The number of benzene rings is 1. The number of rotatable bonds is 8. The maximum atomic E-state index is 11.4. The summed E-state index contributed by atoms with van der Waals surface area (Å²) in [6.07, 6.45) is -1.42.